The maximum absolute atomic E-state index is 11.3. The van der Waals surface area contributed by atoms with Gasteiger partial charge < -0.3 is 0 Å². The molecule has 2 heterocycles. The van der Waals surface area contributed by atoms with Gasteiger partial charge in [0.15, 0.2) is 5.78 Å². The number of carbonyl (C=O) groups excluding carboxylic acids is 1. The number of hydrogen-bond acceptors (Lipinski definition) is 2. The van der Waals surface area contributed by atoms with Crippen molar-refractivity contribution in [3.05, 3.63) is 29.8 Å². The quantitative estimate of drug-likeness (QED) is 0.613. The summed E-state index contributed by atoms with van der Waals surface area (Å²) in [6, 6.07) is 8.39. The van der Waals surface area contributed by atoms with Gasteiger partial charge >= 0.3 is 0 Å². The highest BCUT2D eigenvalue weighted by atomic mass is 32.3. The Bertz CT molecular complexity index is 431. The first kappa shape index (κ1) is 14.6. The zero-order valence-electron chi connectivity index (χ0n) is 12.3. The fourth-order valence-electron chi connectivity index (χ4n) is 2.70. The van der Waals surface area contributed by atoms with Crippen molar-refractivity contribution in [1.29, 1.82) is 0 Å². The van der Waals surface area contributed by atoms with E-state index in [0.717, 1.165) is 5.56 Å². The van der Waals surface area contributed by atoms with Crippen LogP contribution in [0.5, 0.6) is 0 Å². The molecule has 2 aliphatic heterocycles. The first-order valence-electron chi connectivity index (χ1n) is 7.37. The molecule has 0 saturated carbocycles. The summed E-state index contributed by atoms with van der Waals surface area (Å²) in [6.07, 6.45) is 2.72. The fraction of sp³-hybridized carbons (Fsp3) is 0.562. The van der Waals surface area contributed by atoms with Crippen LogP contribution < -0.4 is 0 Å². The molecule has 2 fully saturated rings. The Morgan fingerprint density at radius 3 is 2.00 bits per heavy atom. The zero-order chi connectivity index (χ0) is 13.9. The van der Waals surface area contributed by atoms with E-state index in [1.54, 1.807) is 6.92 Å². The van der Waals surface area contributed by atoms with Crippen LogP contribution in [-0.4, -0.2) is 34.7 Å². The Balaban J connectivity index is 0.000000637. The lowest BCUT2D eigenvalue weighted by molar-refractivity contribution is 0.101. The maximum atomic E-state index is 11.3. The highest BCUT2D eigenvalue weighted by Gasteiger charge is 2.44. The van der Waals surface area contributed by atoms with Gasteiger partial charge in [-0.05, 0) is 31.9 Å². The summed E-state index contributed by atoms with van der Waals surface area (Å²) in [6.45, 7) is 8.20. The van der Waals surface area contributed by atoms with E-state index in [4.69, 9.17) is 0 Å². The van der Waals surface area contributed by atoms with Crippen LogP contribution in [0.25, 0.3) is 0 Å². The largest absolute Gasteiger partial charge is 0.295 e. The number of carbonyl (C=O) groups is 1. The molecule has 0 aromatic heterocycles. The summed E-state index contributed by atoms with van der Waals surface area (Å²) in [7, 11) is -0.609. The third kappa shape index (κ3) is 2.87. The molecular weight excluding hydrogens is 254 g/mol. The highest BCUT2D eigenvalue weighted by Crippen LogP contribution is 2.70. The van der Waals surface area contributed by atoms with Crippen LogP contribution in [0, 0.1) is 0 Å². The van der Waals surface area contributed by atoms with Crippen LogP contribution in [0.1, 0.15) is 44.0 Å². The van der Waals surface area contributed by atoms with Gasteiger partial charge in [0.2, 0.25) is 0 Å². The summed E-state index contributed by atoms with van der Waals surface area (Å²) >= 11 is 0. The van der Waals surface area contributed by atoms with Crippen molar-refractivity contribution in [1.82, 2.24) is 4.31 Å². The summed E-state index contributed by atoms with van der Waals surface area (Å²) in [5.74, 6) is 2.90. The van der Waals surface area contributed by atoms with Gasteiger partial charge in [0, 0.05) is 35.1 Å². The topological polar surface area (TPSA) is 20.3 Å². The number of nitrogens with zero attached hydrogens (tertiary/aromatic N) is 1. The van der Waals surface area contributed by atoms with E-state index >= 15 is 0 Å². The second-order valence-corrected chi connectivity index (χ2v) is 8.46. The highest BCUT2D eigenvalue weighted by molar-refractivity contribution is 8.37. The molecule has 106 valence electrons. The minimum atomic E-state index is -0.609. The summed E-state index contributed by atoms with van der Waals surface area (Å²) in [4.78, 5) is 12.8. The van der Waals surface area contributed by atoms with E-state index in [1.165, 1.54) is 42.3 Å². The number of hydrogen-bond donors (Lipinski definition) is 0. The van der Waals surface area contributed by atoms with Crippen LogP contribution >= 0.6 is 10.2 Å². The maximum Gasteiger partial charge on any atom is 0.159 e. The van der Waals surface area contributed by atoms with E-state index in [9.17, 15) is 4.79 Å². The second kappa shape index (κ2) is 6.10. The average Bonchev–Trinajstić information content (AvgIpc) is 3.08. The molecule has 2 nitrogen and oxygen atoms in total. The molecule has 0 radical (unpaired) electrons. The first-order chi connectivity index (χ1) is 9.22. The monoisotopic (exact) mass is 279 g/mol. The van der Waals surface area contributed by atoms with Gasteiger partial charge in [-0.15, -0.1) is 0 Å². The predicted octanol–water partition coefficient (Wildman–Crippen LogP) is 4.10. The van der Waals surface area contributed by atoms with Gasteiger partial charge in [0.05, 0.1) is 0 Å². The predicted molar refractivity (Wildman–Crippen MR) is 84.2 cm³/mol. The Morgan fingerprint density at radius 1 is 1.05 bits per heavy atom. The summed E-state index contributed by atoms with van der Waals surface area (Å²) < 4.78 is 2.72. The molecule has 19 heavy (non-hydrogen) atoms. The summed E-state index contributed by atoms with van der Waals surface area (Å²) in [5, 5.41) is 0. The molecule has 3 rings (SSSR count). The third-order valence-electron chi connectivity index (χ3n) is 3.85. The van der Waals surface area contributed by atoms with Crippen molar-refractivity contribution in [3.8, 4) is 0 Å². The number of rotatable bonds is 3. The molecule has 0 aliphatic carbocycles. The molecule has 0 atom stereocenters. The SMILES string of the molecule is CC.CC(=O)c1ccc(S2(N3CCCC3)CC2)cc1. The van der Waals surface area contributed by atoms with Crippen molar-refractivity contribution in [2.24, 2.45) is 0 Å². The molecule has 0 amide bonds. The normalized spacial score (nSPS) is 22.3. The van der Waals surface area contributed by atoms with Gasteiger partial charge in [-0.25, -0.2) is 0 Å². The summed E-state index contributed by atoms with van der Waals surface area (Å²) in [5.41, 5.74) is 0.838. The first-order valence-corrected chi connectivity index (χ1v) is 9.30. The van der Waals surface area contributed by atoms with Crippen molar-refractivity contribution in [2.75, 3.05) is 24.6 Å². The zero-order valence-corrected chi connectivity index (χ0v) is 13.1. The Morgan fingerprint density at radius 2 is 1.58 bits per heavy atom. The van der Waals surface area contributed by atoms with E-state index in [2.05, 4.69) is 16.4 Å². The van der Waals surface area contributed by atoms with Gasteiger partial charge in [-0.3, -0.25) is 9.10 Å². The molecule has 2 aliphatic rings. The van der Waals surface area contributed by atoms with Gasteiger partial charge in [0.25, 0.3) is 0 Å². The van der Waals surface area contributed by atoms with Crippen molar-refractivity contribution in [2.45, 2.75) is 38.5 Å². The Hall–Kier alpha value is -0.800. The molecule has 2 saturated heterocycles. The van der Waals surface area contributed by atoms with Crippen molar-refractivity contribution in [3.63, 3.8) is 0 Å². The average molecular weight is 279 g/mol. The van der Waals surface area contributed by atoms with Crippen LogP contribution in [-0.2, 0) is 0 Å². The van der Waals surface area contributed by atoms with Crippen LogP contribution in [0.4, 0.5) is 0 Å². The molecular formula is C16H25NOS. The lowest BCUT2D eigenvalue weighted by atomic mass is 10.2. The molecule has 0 N–H and O–H groups in total. The number of ketones is 1. The van der Waals surface area contributed by atoms with Crippen LogP contribution in [0.3, 0.4) is 0 Å². The third-order valence-corrected chi connectivity index (χ3v) is 7.53. The van der Waals surface area contributed by atoms with E-state index in [1.807, 2.05) is 26.0 Å². The minimum absolute atomic E-state index is 0.164. The molecule has 1 aromatic carbocycles. The lowest BCUT2D eigenvalue weighted by Gasteiger charge is -2.32. The molecule has 3 heteroatoms. The van der Waals surface area contributed by atoms with Crippen molar-refractivity contribution >= 4 is 16.0 Å². The number of benzene rings is 1. The smallest absolute Gasteiger partial charge is 0.159 e. The van der Waals surface area contributed by atoms with Crippen LogP contribution in [0.2, 0.25) is 0 Å². The second-order valence-electron chi connectivity index (χ2n) is 4.97. The van der Waals surface area contributed by atoms with Crippen molar-refractivity contribution < 1.29 is 4.79 Å². The fourth-order valence-corrected chi connectivity index (χ4v) is 6.22. The number of Topliss-reactive ketones (excluding diaryl/α,β-unsaturated/α-hetero) is 1. The molecule has 0 bridgehead atoms. The van der Waals surface area contributed by atoms with Gasteiger partial charge in [-0.1, -0.05) is 26.0 Å². The van der Waals surface area contributed by atoms with E-state index in [0.29, 0.717) is 0 Å². The molecule has 0 unspecified atom stereocenters. The Labute approximate surface area is 118 Å². The minimum Gasteiger partial charge on any atom is -0.295 e. The van der Waals surface area contributed by atoms with Crippen LogP contribution in [0.15, 0.2) is 29.2 Å². The van der Waals surface area contributed by atoms with Gasteiger partial charge in [0.1, 0.15) is 0 Å². The lowest BCUT2D eigenvalue weighted by Crippen LogP contribution is -2.17. The standard InChI is InChI=1S/C14H19NOS.C2H6/c1-12(16)13-4-6-14(7-5-13)17(10-11-17)15-8-2-3-9-15;1-2/h4-7H,2-3,8-11H2,1H3;1-2H3. The Kier molecular flexibility index (Phi) is 4.69. The van der Waals surface area contributed by atoms with Gasteiger partial charge in [-0.2, -0.15) is 10.2 Å². The van der Waals surface area contributed by atoms with E-state index < -0.39 is 10.2 Å². The molecule has 1 aromatic rings. The molecule has 0 spiro atoms. The van der Waals surface area contributed by atoms with E-state index in [-0.39, 0.29) is 5.78 Å².